The second kappa shape index (κ2) is 10.2. The van der Waals surface area contributed by atoms with Gasteiger partial charge < -0.3 is 14.8 Å². The lowest BCUT2D eigenvalue weighted by atomic mass is 10.1. The number of anilines is 1. The Labute approximate surface area is 213 Å². The van der Waals surface area contributed by atoms with Crippen molar-refractivity contribution in [2.45, 2.75) is 27.3 Å². The molecule has 0 atom stereocenters. The van der Waals surface area contributed by atoms with Crippen molar-refractivity contribution in [3.8, 4) is 11.5 Å². The highest BCUT2D eigenvalue weighted by Crippen LogP contribution is 2.32. The smallest absolute Gasteiger partial charge is 0.312 e. The fourth-order valence-corrected chi connectivity index (χ4v) is 4.41. The monoisotopic (exact) mass is 507 g/mol. The van der Waals surface area contributed by atoms with Gasteiger partial charge in [0.2, 0.25) is 0 Å². The molecule has 1 aliphatic heterocycles. The molecule has 10 nitrogen and oxygen atoms in total. The maximum atomic E-state index is 13.3. The Morgan fingerprint density at radius 2 is 1.94 bits per heavy atom. The summed E-state index contributed by atoms with van der Waals surface area (Å²) in [5.41, 5.74) is 3.13. The first kappa shape index (κ1) is 24.9. The van der Waals surface area contributed by atoms with Gasteiger partial charge in [0.1, 0.15) is 28.6 Å². The van der Waals surface area contributed by atoms with E-state index >= 15 is 0 Å². The number of hydrogen-bond donors (Lipinski definition) is 1. The molecule has 2 aromatic carbocycles. The van der Waals surface area contributed by atoms with E-state index in [1.165, 1.54) is 4.90 Å². The lowest BCUT2D eigenvalue weighted by Gasteiger charge is -2.18. The summed E-state index contributed by atoms with van der Waals surface area (Å²) < 4.78 is 12.7. The van der Waals surface area contributed by atoms with Crippen LogP contribution in [0.3, 0.4) is 0 Å². The highest BCUT2D eigenvalue weighted by Gasteiger charge is 2.33. The van der Waals surface area contributed by atoms with Gasteiger partial charge in [0.05, 0.1) is 30.9 Å². The van der Waals surface area contributed by atoms with E-state index in [1.807, 2.05) is 31.2 Å². The van der Waals surface area contributed by atoms with Crippen LogP contribution < -0.4 is 19.7 Å². The summed E-state index contributed by atoms with van der Waals surface area (Å²) in [4.78, 5) is 25.6. The standard InChI is InChI=1S/C25H25N5O5S/c1-5-35-22-9-7-6-8-20(22)29-24(31)19(26-25(29)36)13-17-10-11-21(34-4)18(12-17)14-28-16(3)23(30(32)33)15(2)27-28/h6-13H,5,14H2,1-4H3,(H,26,36)/b19-13+. The predicted octanol–water partition coefficient (Wildman–Crippen LogP) is 4.13. The zero-order valence-corrected chi connectivity index (χ0v) is 21.1. The van der Waals surface area contributed by atoms with E-state index in [9.17, 15) is 14.9 Å². The van der Waals surface area contributed by atoms with E-state index in [1.54, 1.807) is 49.9 Å². The Hall–Kier alpha value is -4.25. The van der Waals surface area contributed by atoms with Crippen molar-refractivity contribution in [1.29, 1.82) is 0 Å². The zero-order chi connectivity index (χ0) is 26.0. The van der Waals surface area contributed by atoms with Crippen LogP contribution in [0.5, 0.6) is 11.5 Å². The van der Waals surface area contributed by atoms with Crippen LogP contribution in [0, 0.1) is 24.0 Å². The van der Waals surface area contributed by atoms with E-state index in [0.717, 1.165) is 11.1 Å². The van der Waals surface area contributed by atoms with Gasteiger partial charge in [0.15, 0.2) is 5.11 Å². The quantitative estimate of drug-likeness (QED) is 0.210. The SMILES string of the molecule is CCOc1ccccc1N1C(=O)/C(=C\c2ccc(OC)c(Cn3nc(C)c([N+](=O)[O-])c3C)c2)NC1=S. The topological polar surface area (TPSA) is 112 Å². The average Bonchev–Trinajstić information content (AvgIpc) is 3.28. The van der Waals surface area contributed by atoms with Gasteiger partial charge >= 0.3 is 5.69 Å². The average molecular weight is 508 g/mol. The molecule has 0 spiro atoms. The Balaban J connectivity index is 1.66. The number of para-hydroxylation sites is 2. The van der Waals surface area contributed by atoms with E-state index < -0.39 is 4.92 Å². The second-order valence-corrected chi connectivity index (χ2v) is 8.42. The third-order valence-electron chi connectivity index (χ3n) is 5.75. The number of amides is 1. The molecular formula is C25H25N5O5S. The van der Waals surface area contributed by atoms with Gasteiger partial charge in [-0.2, -0.15) is 5.10 Å². The summed E-state index contributed by atoms with van der Waals surface area (Å²) in [5.74, 6) is 0.851. The number of aromatic nitrogens is 2. The van der Waals surface area contributed by atoms with Gasteiger partial charge in [-0.3, -0.25) is 19.6 Å². The summed E-state index contributed by atoms with van der Waals surface area (Å²) in [7, 11) is 1.55. The molecule has 11 heteroatoms. The molecule has 0 unspecified atom stereocenters. The molecule has 36 heavy (non-hydrogen) atoms. The van der Waals surface area contributed by atoms with Crippen molar-refractivity contribution in [1.82, 2.24) is 15.1 Å². The zero-order valence-electron chi connectivity index (χ0n) is 20.3. The molecule has 4 rings (SSSR count). The van der Waals surface area contributed by atoms with Crippen molar-refractivity contribution in [2.24, 2.45) is 0 Å². The van der Waals surface area contributed by atoms with E-state index in [2.05, 4.69) is 10.4 Å². The van der Waals surface area contributed by atoms with Crippen molar-refractivity contribution in [3.63, 3.8) is 0 Å². The van der Waals surface area contributed by atoms with Gasteiger partial charge in [0, 0.05) is 5.56 Å². The largest absolute Gasteiger partial charge is 0.496 e. The molecule has 0 saturated carbocycles. The number of rotatable bonds is 8. The Morgan fingerprint density at radius 3 is 2.61 bits per heavy atom. The summed E-state index contributed by atoms with van der Waals surface area (Å²) in [6.07, 6.45) is 1.70. The molecule has 3 aromatic rings. The number of nitro groups is 1. The van der Waals surface area contributed by atoms with Crippen LogP contribution in [-0.4, -0.2) is 39.4 Å². The Morgan fingerprint density at radius 1 is 1.19 bits per heavy atom. The van der Waals surface area contributed by atoms with E-state index in [4.69, 9.17) is 21.7 Å². The number of methoxy groups -OCH3 is 1. The number of thiocarbonyl (C=S) groups is 1. The van der Waals surface area contributed by atoms with Crippen molar-refractivity contribution < 1.29 is 19.2 Å². The number of carbonyl (C=O) groups excluding carboxylic acids is 1. The number of nitrogens with one attached hydrogen (secondary N) is 1. The van der Waals surface area contributed by atoms with Gasteiger partial charge in [-0.05, 0) is 68.9 Å². The number of benzene rings is 2. The number of hydrogen-bond acceptors (Lipinski definition) is 7. The van der Waals surface area contributed by atoms with Crippen LogP contribution in [0.1, 0.15) is 29.4 Å². The fourth-order valence-electron chi connectivity index (χ4n) is 4.12. The van der Waals surface area contributed by atoms with Crippen LogP contribution in [-0.2, 0) is 11.3 Å². The predicted molar refractivity (Wildman–Crippen MR) is 139 cm³/mol. The van der Waals surface area contributed by atoms with E-state index in [-0.39, 0.29) is 23.3 Å². The molecular weight excluding hydrogens is 482 g/mol. The Kier molecular flexibility index (Phi) is 7.02. The summed E-state index contributed by atoms with van der Waals surface area (Å²) in [5, 5.41) is 18.9. The fraction of sp³-hybridized carbons (Fsp3) is 0.240. The molecule has 1 aliphatic rings. The summed E-state index contributed by atoms with van der Waals surface area (Å²) >= 11 is 5.45. The van der Waals surface area contributed by atoms with Crippen LogP contribution in [0.25, 0.3) is 6.08 Å². The molecule has 0 bridgehead atoms. The normalized spacial score (nSPS) is 14.3. The molecule has 0 aliphatic carbocycles. The number of nitrogens with zero attached hydrogens (tertiary/aromatic N) is 4. The lowest BCUT2D eigenvalue weighted by molar-refractivity contribution is -0.386. The maximum absolute atomic E-state index is 13.3. The molecule has 2 heterocycles. The molecule has 186 valence electrons. The third kappa shape index (κ3) is 4.65. The third-order valence-corrected chi connectivity index (χ3v) is 6.03. The number of carbonyl (C=O) groups is 1. The molecule has 1 N–H and O–H groups in total. The molecule has 0 radical (unpaired) electrons. The maximum Gasteiger partial charge on any atom is 0.312 e. The first-order valence-corrected chi connectivity index (χ1v) is 11.6. The summed E-state index contributed by atoms with van der Waals surface area (Å²) in [6.45, 7) is 5.85. The van der Waals surface area contributed by atoms with Crippen LogP contribution in [0.15, 0.2) is 48.2 Å². The van der Waals surface area contributed by atoms with Crippen molar-refractivity contribution in [2.75, 3.05) is 18.6 Å². The van der Waals surface area contributed by atoms with Crippen molar-refractivity contribution in [3.05, 3.63) is 80.8 Å². The highest BCUT2D eigenvalue weighted by molar-refractivity contribution is 7.80. The van der Waals surface area contributed by atoms with Gasteiger partial charge in [-0.25, -0.2) is 4.90 Å². The molecule has 1 fully saturated rings. The molecule has 1 amide bonds. The van der Waals surface area contributed by atoms with Gasteiger partial charge in [0.25, 0.3) is 5.91 Å². The molecule has 1 aromatic heterocycles. The highest BCUT2D eigenvalue weighted by atomic mass is 32.1. The lowest BCUT2D eigenvalue weighted by Crippen LogP contribution is -2.30. The van der Waals surface area contributed by atoms with Gasteiger partial charge in [-0.1, -0.05) is 18.2 Å². The number of ether oxygens (including phenoxy) is 2. The van der Waals surface area contributed by atoms with Gasteiger partial charge in [-0.15, -0.1) is 0 Å². The number of aryl methyl sites for hydroxylation is 1. The van der Waals surface area contributed by atoms with Crippen molar-refractivity contribution >= 4 is 40.7 Å². The summed E-state index contributed by atoms with van der Waals surface area (Å²) in [6, 6.07) is 12.7. The Bertz CT molecular complexity index is 1400. The van der Waals surface area contributed by atoms with Crippen LogP contribution in [0.2, 0.25) is 0 Å². The minimum atomic E-state index is -0.429. The second-order valence-electron chi connectivity index (χ2n) is 8.03. The van der Waals surface area contributed by atoms with E-state index in [0.29, 0.717) is 40.9 Å². The minimum Gasteiger partial charge on any atom is -0.496 e. The molecule has 1 saturated heterocycles. The van der Waals surface area contributed by atoms with Crippen LogP contribution in [0.4, 0.5) is 11.4 Å². The first-order valence-electron chi connectivity index (χ1n) is 11.2. The van der Waals surface area contributed by atoms with Crippen LogP contribution >= 0.6 is 12.2 Å². The minimum absolute atomic E-state index is 0.00562. The first-order chi connectivity index (χ1) is 17.2.